The first-order valence-electron chi connectivity index (χ1n) is 9.73. The van der Waals surface area contributed by atoms with Gasteiger partial charge in [-0.05, 0) is 56.4 Å². The molecule has 3 rings (SSSR count). The van der Waals surface area contributed by atoms with Crippen LogP contribution in [0.25, 0.3) is 0 Å². The molecule has 0 amide bonds. The first-order valence-corrected chi connectivity index (χ1v) is 9.73. The van der Waals surface area contributed by atoms with Crippen LogP contribution >= 0.6 is 0 Å². The van der Waals surface area contributed by atoms with Gasteiger partial charge in [0.15, 0.2) is 0 Å². The van der Waals surface area contributed by atoms with Crippen LogP contribution in [0.4, 0.5) is 0 Å². The Morgan fingerprint density at radius 1 is 0.952 bits per heavy atom. The highest BCUT2D eigenvalue weighted by atomic mass is 15.2. The molecule has 122 valence electrons. The maximum atomic E-state index is 3.96. The van der Waals surface area contributed by atoms with E-state index in [4.69, 9.17) is 0 Å². The largest absolute Gasteiger partial charge is 0.312 e. The van der Waals surface area contributed by atoms with E-state index >= 15 is 0 Å². The lowest BCUT2D eigenvalue weighted by Crippen LogP contribution is -2.57. The summed E-state index contributed by atoms with van der Waals surface area (Å²) in [5.74, 6) is 2.84. The molecule has 4 atom stereocenters. The van der Waals surface area contributed by atoms with E-state index in [2.05, 4.69) is 24.1 Å². The van der Waals surface area contributed by atoms with Gasteiger partial charge in [0.25, 0.3) is 0 Å². The quantitative estimate of drug-likeness (QED) is 0.822. The fourth-order valence-corrected chi connectivity index (χ4v) is 4.87. The SMILES string of the molecule is CCC1CC(NCC2CCCCC2)CN(C2CCC2C)C1. The molecule has 0 aromatic heterocycles. The predicted molar refractivity (Wildman–Crippen MR) is 90.5 cm³/mol. The van der Waals surface area contributed by atoms with E-state index in [0.717, 1.165) is 29.8 Å². The Labute approximate surface area is 132 Å². The average molecular weight is 293 g/mol. The molecule has 0 radical (unpaired) electrons. The lowest BCUT2D eigenvalue weighted by Gasteiger charge is -2.48. The Morgan fingerprint density at radius 2 is 1.76 bits per heavy atom. The van der Waals surface area contributed by atoms with Crippen molar-refractivity contribution in [2.45, 2.75) is 83.7 Å². The zero-order chi connectivity index (χ0) is 14.7. The molecule has 1 aliphatic heterocycles. The third-order valence-electron chi connectivity index (χ3n) is 6.61. The van der Waals surface area contributed by atoms with E-state index in [0.29, 0.717) is 0 Å². The van der Waals surface area contributed by atoms with Crippen LogP contribution in [0, 0.1) is 17.8 Å². The fraction of sp³-hybridized carbons (Fsp3) is 1.00. The van der Waals surface area contributed by atoms with Crippen molar-refractivity contribution in [2.24, 2.45) is 17.8 Å². The maximum absolute atomic E-state index is 3.96. The van der Waals surface area contributed by atoms with Crippen molar-refractivity contribution in [3.63, 3.8) is 0 Å². The van der Waals surface area contributed by atoms with Gasteiger partial charge in [0.05, 0.1) is 0 Å². The summed E-state index contributed by atoms with van der Waals surface area (Å²) >= 11 is 0. The lowest BCUT2D eigenvalue weighted by atomic mass is 9.78. The van der Waals surface area contributed by atoms with E-state index in [1.54, 1.807) is 0 Å². The minimum absolute atomic E-state index is 0.762. The van der Waals surface area contributed by atoms with Crippen LogP contribution in [-0.4, -0.2) is 36.6 Å². The lowest BCUT2D eigenvalue weighted by molar-refractivity contribution is 0.0213. The van der Waals surface area contributed by atoms with Crippen molar-refractivity contribution in [1.29, 1.82) is 0 Å². The number of hydrogen-bond acceptors (Lipinski definition) is 2. The molecule has 1 heterocycles. The maximum Gasteiger partial charge on any atom is 0.0198 e. The zero-order valence-electron chi connectivity index (χ0n) is 14.3. The molecular weight excluding hydrogens is 256 g/mol. The molecule has 2 saturated carbocycles. The normalized spacial score (nSPS) is 39.1. The van der Waals surface area contributed by atoms with Crippen molar-refractivity contribution in [2.75, 3.05) is 19.6 Å². The molecule has 0 spiro atoms. The van der Waals surface area contributed by atoms with E-state index in [1.165, 1.54) is 77.4 Å². The van der Waals surface area contributed by atoms with Crippen LogP contribution in [0.2, 0.25) is 0 Å². The second kappa shape index (κ2) is 7.46. The van der Waals surface area contributed by atoms with E-state index < -0.39 is 0 Å². The molecule has 2 nitrogen and oxygen atoms in total. The van der Waals surface area contributed by atoms with Crippen molar-refractivity contribution in [1.82, 2.24) is 10.2 Å². The molecule has 1 saturated heterocycles. The second-order valence-corrected chi connectivity index (χ2v) is 8.20. The summed E-state index contributed by atoms with van der Waals surface area (Å²) in [6, 6.07) is 1.66. The van der Waals surface area contributed by atoms with E-state index in [-0.39, 0.29) is 0 Å². The third-order valence-corrected chi connectivity index (χ3v) is 6.61. The van der Waals surface area contributed by atoms with Gasteiger partial charge in [0.2, 0.25) is 0 Å². The zero-order valence-corrected chi connectivity index (χ0v) is 14.3. The summed E-state index contributed by atoms with van der Waals surface area (Å²) in [5, 5.41) is 3.96. The van der Waals surface area contributed by atoms with Crippen molar-refractivity contribution < 1.29 is 0 Å². The van der Waals surface area contributed by atoms with Gasteiger partial charge in [0.1, 0.15) is 0 Å². The van der Waals surface area contributed by atoms with Crippen LogP contribution in [0.5, 0.6) is 0 Å². The smallest absolute Gasteiger partial charge is 0.0198 e. The van der Waals surface area contributed by atoms with Crippen LogP contribution in [0.3, 0.4) is 0 Å². The van der Waals surface area contributed by atoms with Gasteiger partial charge in [-0.1, -0.05) is 39.5 Å². The molecule has 3 aliphatic rings. The summed E-state index contributed by atoms with van der Waals surface area (Å²) in [4.78, 5) is 2.84. The van der Waals surface area contributed by atoms with Gasteiger partial charge in [-0.25, -0.2) is 0 Å². The number of hydrogen-bond donors (Lipinski definition) is 1. The third kappa shape index (κ3) is 4.01. The molecule has 4 unspecified atom stereocenters. The molecule has 21 heavy (non-hydrogen) atoms. The van der Waals surface area contributed by atoms with Gasteiger partial charge in [-0.15, -0.1) is 0 Å². The second-order valence-electron chi connectivity index (χ2n) is 8.20. The Kier molecular flexibility index (Phi) is 5.61. The number of nitrogens with zero attached hydrogens (tertiary/aromatic N) is 1. The molecule has 2 heteroatoms. The number of likely N-dealkylation sites (tertiary alicyclic amines) is 1. The van der Waals surface area contributed by atoms with Gasteiger partial charge in [-0.3, -0.25) is 4.90 Å². The van der Waals surface area contributed by atoms with E-state index in [9.17, 15) is 0 Å². The van der Waals surface area contributed by atoms with E-state index in [1.807, 2.05) is 0 Å². The molecular formula is C19H36N2. The van der Waals surface area contributed by atoms with Crippen LogP contribution in [0.15, 0.2) is 0 Å². The number of rotatable bonds is 5. The summed E-state index contributed by atoms with van der Waals surface area (Å²) in [6.07, 6.45) is 13.1. The summed E-state index contributed by atoms with van der Waals surface area (Å²) < 4.78 is 0. The highest BCUT2D eigenvalue weighted by Gasteiger charge is 2.37. The molecule has 0 aromatic rings. The minimum atomic E-state index is 0.762. The van der Waals surface area contributed by atoms with Crippen molar-refractivity contribution in [3.8, 4) is 0 Å². The summed E-state index contributed by atoms with van der Waals surface area (Å²) in [5.41, 5.74) is 0. The Bertz CT molecular complexity index is 311. The Hall–Kier alpha value is -0.0800. The molecule has 0 aromatic carbocycles. The van der Waals surface area contributed by atoms with Crippen LogP contribution in [-0.2, 0) is 0 Å². The predicted octanol–water partition coefficient (Wildman–Crippen LogP) is 4.06. The van der Waals surface area contributed by atoms with Crippen LogP contribution in [0.1, 0.15) is 71.6 Å². The topological polar surface area (TPSA) is 15.3 Å². The highest BCUT2D eigenvalue weighted by molar-refractivity contribution is 4.92. The Morgan fingerprint density at radius 3 is 2.38 bits per heavy atom. The first-order chi connectivity index (χ1) is 10.3. The van der Waals surface area contributed by atoms with Crippen LogP contribution < -0.4 is 5.32 Å². The molecule has 0 bridgehead atoms. The van der Waals surface area contributed by atoms with Gasteiger partial charge >= 0.3 is 0 Å². The van der Waals surface area contributed by atoms with Crippen molar-refractivity contribution in [3.05, 3.63) is 0 Å². The summed E-state index contributed by atoms with van der Waals surface area (Å²) in [7, 11) is 0. The monoisotopic (exact) mass is 292 g/mol. The fourth-order valence-electron chi connectivity index (χ4n) is 4.87. The van der Waals surface area contributed by atoms with Gasteiger partial charge < -0.3 is 5.32 Å². The molecule has 3 fully saturated rings. The molecule has 2 aliphatic carbocycles. The highest BCUT2D eigenvalue weighted by Crippen LogP contribution is 2.35. The minimum Gasteiger partial charge on any atom is -0.312 e. The Balaban J connectivity index is 1.48. The van der Waals surface area contributed by atoms with Gasteiger partial charge in [-0.2, -0.15) is 0 Å². The van der Waals surface area contributed by atoms with Gasteiger partial charge in [0, 0.05) is 25.2 Å². The summed E-state index contributed by atoms with van der Waals surface area (Å²) in [6.45, 7) is 8.81. The average Bonchev–Trinajstić information content (AvgIpc) is 2.52. The standard InChI is InChI=1S/C19H36N2/c1-3-16-11-18(20-12-17-7-5-4-6-8-17)14-21(13-16)19-10-9-15(19)2/h15-20H,3-14H2,1-2H3. The molecule has 1 N–H and O–H groups in total. The number of nitrogens with one attached hydrogen (secondary N) is 1. The number of piperidine rings is 1. The first kappa shape index (κ1) is 15.8. The van der Waals surface area contributed by atoms with Crippen molar-refractivity contribution >= 4 is 0 Å².